The van der Waals surface area contributed by atoms with Crippen LogP contribution in [0.2, 0.25) is 0 Å². The monoisotopic (exact) mass is 430 g/mol. The third kappa shape index (κ3) is 4.52. The Morgan fingerprint density at radius 2 is 1.97 bits per heavy atom. The first-order valence-electron chi connectivity index (χ1n) is 10.4. The van der Waals surface area contributed by atoms with Crippen LogP contribution in [0.4, 0.5) is 16.2 Å². The van der Waals surface area contributed by atoms with Gasteiger partial charge in [0.1, 0.15) is 17.7 Å². The van der Waals surface area contributed by atoms with Crippen LogP contribution in [0.3, 0.4) is 0 Å². The standard InChI is InChI=1S/C24H23FN6O/c1-15-7-10-19(28-23(32)16-5-3-2-4-6-16)14-31(15)22-12-21(29-24(27)30-22)17-8-9-18(13-26)20(25)11-17/h2-6,8-9,11-12,15,19H,7,10,14H2,1H3,(H,28,32)(H2,27,29,30)/t15-,19+/m1/s1. The van der Waals surface area contributed by atoms with E-state index in [0.29, 0.717) is 29.2 Å². The molecule has 32 heavy (non-hydrogen) atoms. The summed E-state index contributed by atoms with van der Waals surface area (Å²) < 4.78 is 14.1. The van der Waals surface area contributed by atoms with Gasteiger partial charge in [-0.15, -0.1) is 0 Å². The molecule has 3 N–H and O–H groups in total. The van der Waals surface area contributed by atoms with Crippen LogP contribution in [0.1, 0.15) is 35.7 Å². The second-order valence-electron chi connectivity index (χ2n) is 7.89. The SMILES string of the molecule is C[C@@H]1CC[C@H](NC(=O)c2ccccc2)CN1c1cc(-c2ccc(C#N)c(F)c2)nc(N)n1. The van der Waals surface area contributed by atoms with E-state index in [1.54, 1.807) is 24.3 Å². The highest BCUT2D eigenvalue weighted by Crippen LogP contribution is 2.28. The van der Waals surface area contributed by atoms with Crippen LogP contribution >= 0.6 is 0 Å². The highest BCUT2D eigenvalue weighted by atomic mass is 19.1. The Kier molecular flexibility index (Phi) is 5.99. The maximum Gasteiger partial charge on any atom is 0.251 e. The number of benzene rings is 2. The van der Waals surface area contributed by atoms with Crippen molar-refractivity contribution in [3.8, 4) is 17.3 Å². The summed E-state index contributed by atoms with van der Waals surface area (Å²) in [6.07, 6.45) is 1.72. The molecule has 3 aromatic rings. The van der Waals surface area contributed by atoms with Crippen LogP contribution in [0, 0.1) is 17.1 Å². The minimum absolute atomic E-state index is 0.0300. The average Bonchev–Trinajstić information content (AvgIpc) is 2.80. The third-order valence-electron chi connectivity index (χ3n) is 5.66. The van der Waals surface area contributed by atoms with Crippen molar-refractivity contribution >= 4 is 17.7 Å². The van der Waals surface area contributed by atoms with Gasteiger partial charge in [-0.25, -0.2) is 9.37 Å². The van der Waals surface area contributed by atoms with Gasteiger partial charge in [-0.3, -0.25) is 4.79 Å². The first-order valence-corrected chi connectivity index (χ1v) is 10.4. The number of nitrogens with zero attached hydrogens (tertiary/aromatic N) is 4. The van der Waals surface area contributed by atoms with Gasteiger partial charge in [0, 0.05) is 35.8 Å². The Labute approximate surface area is 185 Å². The Morgan fingerprint density at radius 1 is 1.19 bits per heavy atom. The second kappa shape index (κ2) is 9.02. The van der Waals surface area contributed by atoms with E-state index in [1.807, 2.05) is 24.3 Å². The highest BCUT2D eigenvalue weighted by molar-refractivity contribution is 5.94. The molecule has 0 saturated carbocycles. The molecule has 1 amide bonds. The lowest BCUT2D eigenvalue weighted by atomic mass is 9.98. The van der Waals surface area contributed by atoms with Gasteiger partial charge >= 0.3 is 0 Å². The predicted octanol–water partition coefficient (Wildman–Crippen LogP) is 3.52. The van der Waals surface area contributed by atoms with Crippen molar-refractivity contribution in [2.45, 2.75) is 31.8 Å². The van der Waals surface area contributed by atoms with Crippen LogP contribution in [-0.4, -0.2) is 34.5 Å². The molecule has 2 atom stereocenters. The van der Waals surface area contributed by atoms with Gasteiger partial charge in [-0.2, -0.15) is 10.2 Å². The van der Waals surface area contributed by atoms with Crippen molar-refractivity contribution in [2.24, 2.45) is 0 Å². The summed E-state index contributed by atoms with van der Waals surface area (Å²) in [6.45, 7) is 2.66. The molecule has 0 unspecified atom stereocenters. The lowest BCUT2D eigenvalue weighted by Crippen LogP contribution is -2.51. The number of amides is 1. The van der Waals surface area contributed by atoms with E-state index >= 15 is 0 Å². The number of hydrogen-bond acceptors (Lipinski definition) is 6. The molecule has 0 radical (unpaired) electrons. The maximum atomic E-state index is 14.1. The summed E-state index contributed by atoms with van der Waals surface area (Å²) in [7, 11) is 0. The van der Waals surface area contributed by atoms with Gasteiger partial charge in [0.2, 0.25) is 5.95 Å². The molecule has 0 spiro atoms. The Morgan fingerprint density at radius 3 is 2.69 bits per heavy atom. The summed E-state index contributed by atoms with van der Waals surface area (Å²) in [5.41, 5.74) is 7.54. The number of nitrogen functional groups attached to an aromatic ring is 1. The molecule has 1 aliphatic rings. The zero-order valence-corrected chi connectivity index (χ0v) is 17.6. The van der Waals surface area contributed by atoms with Gasteiger partial charge in [0.05, 0.1) is 11.3 Å². The number of hydrogen-bond donors (Lipinski definition) is 2. The molecule has 4 rings (SSSR count). The molecule has 2 heterocycles. The summed E-state index contributed by atoms with van der Waals surface area (Å²) in [5.74, 6) is -0.0341. The van der Waals surface area contributed by atoms with Crippen LogP contribution < -0.4 is 16.0 Å². The molecule has 1 fully saturated rings. The topological polar surface area (TPSA) is 108 Å². The average molecular weight is 430 g/mol. The van der Waals surface area contributed by atoms with Crippen molar-refractivity contribution in [1.82, 2.24) is 15.3 Å². The number of nitrogens with two attached hydrogens (primary N) is 1. The fraction of sp³-hybridized carbons (Fsp3) is 0.250. The number of halogens is 1. The lowest BCUT2D eigenvalue weighted by molar-refractivity contribution is 0.0931. The third-order valence-corrected chi connectivity index (χ3v) is 5.66. The molecule has 8 heteroatoms. The number of nitriles is 1. The smallest absolute Gasteiger partial charge is 0.251 e. The van der Waals surface area contributed by atoms with Crippen LogP contribution in [0.15, 0.2) is 54.6 Å². The van der Waals surface area contributed by atoms with Crippen molar-refractivity contribution in [3.05, 3.63) is 71.5 Å². The highest BCUT2D eigenvalue weighted by Gasteiger charge is 2.28. The van der Waals surface area contributed by atoms with Crippen LogP contribution in [0.5, 0.6) is 0 Å². The number of nitrogens with one attached hydrogen (secondary N) is 1. The first-order chi connectivity index (χ1) is 15.4. The van der Waals surface area contributed by atoms with E-state index in [9.17, 15) is 9.18 Å². The van der Waals surface area contributed by atoms with E-state index < -0.39 is 5.82 Å². The molecule has 0 bridgehead atoms. The number of aromatic nitrogens is 2. The number of anilines is 2. The van der Waals surface area contributed by atoms with Crippen molar-refractivity contribution in [3.63, 3.8) is 0 Å². The molecular weight excluding hydrogens is 407 g/mol. The van der Waals surface area contributed by atoms with Gasteiger partial charge in [-0.1, -0.05) is 24.3 Å². The Bertz CT molecular complexity index is 1180. The zero-order chi connectivity index (χ0) is 22.7. The molecule has 1 saturated heterocycles. The fourth-order valence-electron chi connectivity index (χ4n) is 3.92. The summed E-state index contributed by atoms with van der Waals surface area (Å²) in [6, 6.07) is 17.1. The van der Waals surface area contributed by atoms with E-state index in [0.717, 1.165) is 12.8 Å². The van der Waals surface area contributed by atoms with E-state index in [2.05, 4.69) is 27.1 Å². The largest absolute Gasteiger partial charge is 0.368 e. The summed E-state index contributed by atoms with van der Waals surface area (Å²) in [5, 5.41) is 12.1. The summed E-state index contributed by atoms with van der Waals surface area (Å²) in [4.78, 5) is 23.3. The maximum absolute atomic E-state index is 14.1. The molecule has 1 aliphatic heterocycles. The molecular formula is C24H23FN6O. The van der Waals surface area contributed by atoms with E-state index in [-0.39, 0.29) is 29.5 Å². The molecule has 2 aromatic carbocycles. The van der Waals surface area contributed by atoms with Gasteiger partial charge in [0.15, 0.2) is 0 Å². The number of rotatable bonds is 4. The van der Waals surface area contributed by atoms with Gasteiger partial charge in [-0.05, 0) is 44.0 Å². The minimum atomic E-state index is -0.612. The predicted molar refractivity (Wildman–Crippen MR) is 120 cm³/mol. The van der Waals surface area contributed by atoms with Crippen LogP contribution in [-0.2, 0) is 0 Å². The Balaban J connectivity index is 1.57. The van der Waals surface area contributed by atoms with Gasteiger partial charge in [0.25, 0.3) is 5.91 Å². The van der Waals surface area contributed by atoms with Crippen molar-refractivity contribution < 1.29 is 9.18 Å². The number of carbonyl (C=O) groups is 1. The Hall–Kier alpha value is -3.99. The van der Waals surface area contributed by atoms with Crippen LogP contribution in [0.25, 0.3) is 11.3 Å². The molecule has 7 nitrogen and oxygen atoms in total. The summed E-state index contributed by atoms with van der Waals surface area (Å²) >= 11 is 0. The van der Waals surface area contributed by atoms with Gasteiger partial charge < -0.3 is 16.0 Å². The number of carbonyl (C=O) groups excluding carboxylic acids is 1. The minimum Gasteiger partial charge on any atom is -0.368 e. The fourth-order valence-corrected chi connectivity index (χ4v) is 3.92. The van der Waals surface area contributed by atoms with E-state index in [4.69, 9.17) is 11.0 Å². The van der Waals surface area contributed by atoms with Crippen molar-refractivity contribution in [1.29, 1.82) is 5.26 Å². The zero-order valence-electron chi connectivity index (χ0n) is 17.6. The second-order valence-corrected chi connectivity index (χ2v) is 7.89. The van der Waals surface area contributed by atoms with Crippen molar-refractivity contribution in [2.75, 3.05) is 17.2 Å². The normalized spacial score (nSPS) is 18.1. The lowest BCUT2D eigenvalue weighted by Gasteiger charge is -2.39. The quantitative estimate of drug-likeness (QED) is 0.656. The molecule has 0 aliphatic carbocycles. The van der Waals surface area contributed by atoms with E-state index in [1.165, 1.54) is 12.1 Å². The first kappa shape index (κ1) is 21.2. The molecule has 1 aromatic heterocycles. The number of piperidine rings is 1. The molecule has 162 valence electrons.